The molecule has 1 aromatic carbocycles. The summed E-state index contributed by atoms with van der Waals surface area (Å²) in [4.78, 5) is 11.8. The van der Waals surface area contributed by atoms with Gasteiger partial charge in [0.15, 0.2) is 0 Å². The van der Waals surface area contributed by atoms with Gasteiger partial charge in [0.1, 0.15) is 5.75 Å². The van der Waals surface area contributed by atoms with Crippen LogP contribution < -0.4 is 10.2 Å². The number of amides is 1. The average Bonchev–Trinajstić information content (AvgIpc) is 2.49. The zero-order valence-electron chi connectivity index (χ0n) is 11.6. The first-order valence-corrected chi connectivity index (χ1v) is 7.03. The minimum absolute atomic E-state index is 0.0522. The quantitative estimate of drug-likeness (QED) is 0.669. The molecule has 4 nitrogen and oxygen atoms in total. The van der Waals surface area contributed by atoms with Gasteiger partial charge in [-0.2, -0.15) is 13.9 Å². The molecule has 1 fully saturated rings. The Kier molecular flexibility index (Phi) is 5.66. The summed E-state index contributed by atoms with van der Waals surface area (Å²) in [5.74, 6) is 0.0923. The number of hydrogen-bond acceptors (Lipinski definition) is 3. The van der Waals surface area contributed by atoms with Gasteiger partial charge in [0.2, 0.25) is 5.91 Å². The fourth-order valence-electron chi connectivity index (χ4n) is 2.36. The average molecular weight is 296 g/mol. The van der Waals surface area contributed by atoms with E-state index in [0.29, 0.717) is 5.56 Å². The molecular weight excluding hydrogens is 278 g/mol. The van der Waals surface area contributed by atoms with Crippen molar-refractivity contribution in [2.24, 2.45) is 11.0 Å². The van der Waals surface area contributed by atoms with E-state index in [1.165, 1.54) is 24.8 Å². The predicted molar refractivity (Wildman–Crippen MR) is 75.4 cm³/mol. The third-order valence-corrected chi connectivity index (χ3v) is 3.47. The van der Waals surface area contributed by atoms with Gasteiger partial charge >= 0.3 is 6.61 Å². The van der Waals surface area contributed by atoms with Crippen molar-refractivity contribution < 1.29 is 18.3 Å². The summed E-state index contributed by atoms with van der Waals surface area (Å²) in [5, 5.41) is 3.89. The van der Waals surface area contributed by atoms with Crippen LogP contribution in [0.4, 0.5) is 8.78 Å². The SMILES string of the molecule is O=C(N/N=C\c1ccc(OC(F)F)cc1)C1CCCCC1. The van der Waals surface area contributed by atoms with Crippen LogP contribution in [0.3, 0.4) is 0 Å². The second-order valence-corrected chi connectivity index (χ2v) is 5.02. The monoisotopic (exact) mass is 296 g/mol. The summed E-state index contributed by atoms with van der Waals surface area (Å²) in [5.41, 5.74) is 3.22. The lowest BCUT2D eigenvalue weighted by Crippen LogP contribution is -2.28. The van der Waals surface area contributed by atoms with E-state index in [2.05, 4.69) is 15.3 Å². The first kappa shape index (κ1) is 15.4. The fraction of sp³-hybridized carbons (Fsp3) is 0.467. The largest absolute Gasteiger partial charge is 0.435 e. The highest BCUT2D eigenvalue weighted by atomic mass is 19.3. The Bertz CT molecular complexity index is 483. The van der Waals surface area contributed by atoms with E-state index in [0.717, 1.165) is 25.7 Å². The molecule has 6 heteroatoms. The summed E-state index contributed by atoms with van der Waals surface area (Å²) >= 11 is 0. The first-order valence-electron chi connectivity index (χ1n) is 7.03. The Morgan fingerprint density at radius 2 is 1.90 bits per heavy atom. The minimum atomic E-state index is -2.83. The molecule has 0 spiro atoms. The summed E-state index contributed by atoms with van der Waals surface area (Å²) in [6.07, 6.45) is 6.69. The highest BCUT2D eigenvalue weighted by molar-refractivity contribution is 5.83. The predicted octanol–water partition coefficient (Wildman–Crippen LogP) is 3.32. The van der Waals surface area contributed by atoms with E-state index < -0.39 is 6.61 Å². The van der Waals surface area contributed by atoms with Crippen molar-refractivity contribution in [3.05, 3.63) is 29.8 Å². The molecule has 0 radical (unpaired) electrons. The topological polar surface area (TPSA) is 50.7 Å². The number of hydrogen-bond donors (Lipinski definition) is 1. The molecular formula is C15H18F2N2O2. The standard InChI is InChI=1S/C15H18F2N2O2/c16-15(17)21-13-8-6-11(7-9-13)10-18-19-14(20)12-4-2-1-3-5-12/h6-10,12,15H,1-5H2,(H,19,20)/b18-10-. The Morgan fingerprint density at radius 3 is 2.52 bits per heavy atom. The van der Waals surface area contributed by atoms with Crippen LogP contribution >= 0.6 is 0 Å². The molecule has 0 aliphatic heterocycles. The van der Waals surface area contributed by atoms with Crippen LogP contribution in [0.1, 0.15) is 37.7 Å². The highest BCUT2D eigenvalue weighted by Crippen LogP contribution is 2.23. The Labute approximate surface area is 122 Å². The molecule has 1 aromatic rings. The van der Waals surface area contributed by atoms with Gasteiger partial charge in [-0.15, -0.1) is 0 Å². The smallest absolute Gasteiger partial charge is 0.387 e. The number of alkyl halides is 2. The van der Waals surface area contributed by atoms with E-state index in [1.807, 2.05) is 0 Å². The summed E-state index contributed by atoms with van der Waals surface area (Å²) < 4.78 is 28.2. The molecule has 1 aliphatic carbocycles. The number of nitrogens with one attached hydrogen (secondary N) is 1. The van der Waals surface area contributed by atoms with Crippen LogP contribution in [0.15, 0.2) is 29.4 Å². The first-order chi connectivity index (χ1) is 10.1. The number of carbonyl (C=O) groups is 1. The maximum Gasteiger partial charge on any atom is 0.387 e. The summed E-state index contributed by atoms with van der Waals surface area (Å²) in [7, 11) is 0. The van der Waals surface area contributed by atoms with Crippen molar-refractivity contribution in [2.75, 3.05) is 0 Å². The lowest BCUT2D eigenvalue weighted by atomic mass is 9.89. The van der Waals surface area contributed by atoms with Crippen LogP contribution in [-0.2, 0) is 4.79 Å². The molecule has 21 heavy (non-hydrogen) atoms. The van der Waals surface area contributed by atoms with Crippen LogP contribution in [0.5, 0.6) is 5.75 Å². The molecule has 0 heterocycles. The van der Waals surface area contributed by atoms with Crippen molar-refractivity contribution in [1.82, 2.24) is 5.43 Å². The molecule has 1 N–H and O–H groups in total. The molecule has 0 aromatic heterocycles. The number of carbonyl (C=O) groups excluding carboxylic acids is 1. The maximum atomic E-state index is 12.0. The number of hydrazone groups is 1. The lowest BCUT2D eigenvalue weighted by Gasteiger charge is -2.19. The van der Waals surface area contributed by atoms with Crippen LogP contribution in [0, 0.1) is 5.92 Å². The molecule has 0 atom stereocenters. The van der Waals surface area contributed by atoms with Crippen LogP contribution in [-0.4, -0.2) is 18.7 Å². The second-order valence-electron chi connectivity index (χ2n) is 5.02. The van der Waals surface area contributed by atoms with Gasteiger partial charge in [0.25, 0.3) is 0 Å². The van der Waals surface area contributed by atoms with E-state index in [9.17, 15) is 13.6 Å². The van der Waals surface area contributed by atoms with E-state index in [4.69, 9.17) is 0 Å². The molecule has 2 rings (SSSR count). The summed E-state index contributed by atoms with van der Waals surface area (Å²) in [6, 6.07) is 6.04. The van der Waals surface area contributed by atoms with Gasteiger partial charge in [-0.1, -0.05) is 19.3 Å². The molecule has 114 valence electrons. The van der Waals surface area contributed by atoms with Gasteiger partial charge in [-0.05, 0) is 42.7 Å². The van der Waals surface area contributed by atoms with Crippen molar-refractivity contribution in [2.45, 2.75) is 38.7 Å². The summed E-state index contributed by atoms with van der Waals surface area (Å²) in [6.45, 7) is -2.83. The van der Waals surface area contributed by atoms with Crippen molar-refractivity contribution in [3.8, 4) is 5.75 Å². The number of benzene rings is 1. The normalized spacial score (nSPS) is 16.3. The van der Waals surface area contributed by atoms with Gasteiger partial charge in [0, 0.05) is 5.92 Å². The molecule has 1 amide bonds. The lowest BCUT2D eigenvalue weighted by molar-refractivity contribution is -0.125. The van der Waals surface area contributed by atoms with Crippen LogP contribution in [0.25, 0.3) is 0 Å². The third kappa shape index (κ3) is 5.13. The fourth-order valence-corrected chi connectivity index (χ4v) is 2.36. The minimum Gasteiger partial charge on any atom is -0.435 e. The number of rotatable bonds is 5. The molecule has 1 aliphatic rings. The van der Waals surface area contributed by atoms with Gasteiger partial charge in [-0.25, -0.2) is 5.43 Å². The molecule has 0 saturated heterocycles. The second kappa shape index (κ2) is 7.71. The zero-order valence-corrected chi connectivity index (χ0v) is 11.6. The molecule has 0 unspecified atom stereocenters. The van der Waals surface area contributed by atoms with Crippen LogP contribution in [0.2, 0.25) is 0 Å². The van der Waals surface area contributed by atoms with Crippen molar-refractivity contribution in [1.29, 1.82) is 0 Å². The Balaban J connectivity index is 1.81. The van der Waals surface area contributed by atoms with Gasteiger partial charge in [0.05, 0.1) is 6.21 Å². The molecule has 1 saturated carbocycles. The maximum absolute atomic E-state index is 12.0. The Morgan fingerprint density at radius 1 is 1.24 bits per heavy atom. The van der Waals surface area contributed by atoms with Gasteiger partial charge < -0.3 is 4.74 Å². The third-order valence-electron chi connectivity index (χ3n) is 3.47. The van der Waals surface area contributed by atoms with E-state index in [-0.39, 0.29) is 17.6 Å². The number of ether oxygens (including phenoxy) is 1. The van der Waals surface area contributed by atoms with E-state index in [1.54, 1.807) is 12.1 Å². The number of nitrogens with zero attached hydrogens (tertiary/aromatic N) is 1. The number of halogens is 2. The molecule has 0 bridgehead atoms. The highest BCUT2D eigenvalue weighted by Gasteiger charge is 2.20. The zero-order chi connectivity index (χ0) is 15.1. The van der Waals surface area contributed by atoms with Crippen molar-refractivity contribution in [3.63, 3.8) is 0 Å². The Hall–Kier alpha value is -1.98. The van der Waals surface area contributed by atoms with E-state index >= 15 is 0 Å². The van der Waals surface area contributed by atoms with Crippen molar-refractivity contribution >= 4 is 12.1 Å². The van der Waals surface area contributed by atoms with Gasteiger partial charge in [-0.3, -0.25) is 4.79 Å².